The Morgan fingerprint density at radius 1 is 1.50 bits per heavy atom. The van der Waals surface area contributed by atoms with Crippen molar-refractivity contribution in [3.05, 3.63) is 35.9 Å². The van der Waals surface area contributed by atoms with Crippen molar-refractivity contribution >= 4 is 12.0 Å². The smallest absolute Gasteiger partial charge is 0.234 e. The van der Waals surface area contributed by atoms with Gasteiger partial charge in [0.25, 0.3) is 0 Å². The lowest BCUT2D eigenvalue weighted by Crippen LogP contribution is -2.30. The number of hydrazine groups is 1. The van der Waals surface area contributed by atoms with Gasteiger partial charge in [0, 0.05) is 12.0 Å². The van der Waals surface area contributed by atoms with E-state index in [1.54, 1.807) is 0 Å². The number of ether oxygens (including phenoxy) is 1. The molecule has 1 aromatic carbocycles. The molecule has 0 radical (unpaired) electrons. The van der Waals surface area contributed by atoms with Crippen LogP contribution in [-0.4, -0.2) is 12.0 Å². The van der Waals surface area contributed by atoms with Crippen molar-refractivity contribution in [3.63, 3.8) is 0 Å². The molecular weight excluding hydrogens is 228 g/mol. The van der Waals surface area contributed by atoms with E-state index in [-0.39, 0.29) is 12.0 Å². The summed E-state index contributed by atoms with van der Waals surface area (Å²) in [5.41, 5.74) is 3.15. The van der Waals surface area contributed by atoms with Crippen LogP contribution in [0.2, 0.25) is 0 Å². The number of hydrogen-bond acceptors (Lipinski definition) is 3. The number of nitrogens with one attached hydrogen (secondary N) is 1. The third-order valence-corrected chi connectivity index (χ3v) is 2.53. The van der Waals surface area contributed by atoms with E-state index < -0.39 is 0 Å². The molecule has 4 heteroatoms. The van der Waals surface area contributed by atoms with Gasteiger partial charge in [0.15, 0.2) is 0 Å². The van der Waals surface area contributed by atoms with Crippen molar-refractivity contribution in [1.29, 1.82) is 0 Å². The van der Waals surface area contributed by atoms with Crippen molar-refractivity contribution in [3.8, 4) is 5.75 Å². The van der Waals surface area contributed by atoms with E-state index in [9.17, 15) is 4.79 Å². The molecule has 4 nitrogen and oxygen atoms in total. The first-order chi connectivity index (χ1) is 8.67. The third kappa shape index (κ3) is 4.59. The van der Waals surface area contributed by atoms with E-state index in [4.69, 9.17) is 10.6 Å². The molecule has 1 amide bonds. The fourth-order valence-electron chi connectivity index (χ4n) is 1.59. The number of carbonyl (C=O) groups excluding carboxylic acids is 1. The second-order valence-corrected chi connectivity index (χ2v) is 4.07. The molecule has 1 unspecified atom stereocenters. The quantitative estimate of drug-likeness (QED) is 0.461. The zero-order chi connectivity index (χ0) is 13.4. The minimum atomic E-state index is -0.174. The molecule has 0 aromatic heterocycles. The maximum atomic E-state index is 11.0. The third-order valence-electron chi connectivity index (χ3n) is 2.53. The number of allylic oxidation sites excluding steroid dienone is 1. The fourth-order valence-corrected chi connectivity index (χ4v) is 1.59. The van der Waals surface area contributed by atoms with Crippen LogP contribution in [0, 0.1) is 0 Å². The molecule has 0 aliphatic heterocycles. The van der Waals surface area contributed by atoms with Gasteiger partial charge in [-0.15, -0.1) is 0 Å². The standard InChI is InChI=1S/C14H20N2O2/c1-3-6-12-7-4-5-8-13(12)18-11(2)9-10-14(17)16-15/h3-8,11H,9-10,15H2,1-2H3,(H,16,17)/b6-3+. The van der Waals surface area contributed by atoms with E-state index in [2.05, 4.69) is 5.43 Å². The summed E-state index contributed by atoms with van der Waals surface area (Å²) in [6.45, 7) is 3.90. The molecule has 0 spiro atoms. The molecule has 0 fully saturated rings. The number of para-hydroxylation sites is 1. The topological polar surface area (TPSA) is 64.3 Å². The van der Waals surface area contributed by atoms with Crippen LogP contribution < -0.4 is 16.0 Å². The van der Waals surface area contributed by atoms with Crippen LogP contribution in [0.4, 0.5) is 0 Å². The van der Waals surface area contributed by atoms with Crippen LogP contribution in [0.1, 0.15) is 32.3 Å². The number of rotatable bonds is 6. The Bertz CT molecular complexity index is 416. The number of carbonyl (C=O) groups is 1. The second kappa shape index (κ2) is 7.50. The van der Waals surface area contributed by atoms with Crippen LogP contribution in [0.3, 0.4) is 0 Å². The second-order valence-electron chi connectivity index (χ2n) is 4.07. The van der Waals surface area contributed by atoms with E-state index in [0.29, 0.717) is 12.8 Å². The lowest BCUT2D eigenvalue weighted by Gasteiger charge is -2.16. The number of benzene rings is 1. The molecule has 1 rings (SSSR count). The maximum Gasteiger partial charge on any atom is 0.234 e. The highest BCUT2D eigenvalue weighted by molar-refractivity contribution is 5.75. The highest BCUT2D eigenvalue weighted by Gasteiger charge is 2.08. The van der Waals surface area contributed by atoms with Gasteiger partial charge in [-0.2, -0.15) is 0 Å². The average molecular weight is 248 g/mol. The molecular formula is C14H20N2O2. The maximum absolute atomic E-state index is 11.0. The minimum Gasteiger partial charge on any atom is -0.490 e. The summed E-state index contributed by atoms with van der Waals surface area (Å²) in [5.74, 6) is 5.68. The van der Waals surface area contributed by atoms with Crippen LogP contribution in [-0.2, 0) is 4.79 Å². The van der Waals surface area contributed by atoms with Gasteiger partial charge in [-0.1, -0.05) is 30.4 Å². The Morgan fingerprint density at radius 3 is 2.89 bits per heavy atom. The van der Waals surface area contributed by atoms with Crippen LogP contribution in [0.5, 0.6) is 5.75 Å². The summed E-state index contributed by atoms with van der Waals surface area (Å²) in [5, 5.41) is 0. The molecule has 0 bridgehead atoms. The molecule has 18 heavy (non-hydrogen) atoms. The summed E-state index contributed by atoms with van der Waals surface area (Å²) in [4.78, 5) is 11.0. The van der Waals surface area contributed by atoms with Crippen molar-refractivity contribution in [2.75, 3.05) is 0 Å². The highest BCUT2D eigenvalue weighted by Crippen LogP contribution is 2.21. The van der Waals surface area contributed by atoms with E-state index >= 15 is 0 Å². The Labute approximate surface area is 108 Å². The highest BCUT2D eigenvalue weighted by atomic mass is 16.5. The van der Waals surface area contributed by atoms with Crippen molar-refractivity contribution in [1.82, 2.24) is 5.43 Å². The van der Waals surface area contributed by atoms with Crippen LogP contribution in [0.25, 0.3) is 6.08 Å². The van der Waals surface area contributed by atoms with Crippen molar-refractivity contribution < 1.29 is 9.53 Å². The van der Waals surface area contributed by atoms with Gasteiger partial charge in [0.2, 0.25) is 5.91 Å². The van der Waals surface area contributed by atoms with Gasteiger partial charge in [-0.05, 0) is 26.3 Å². The molecule has 1 aromatic rings. The lowest BCUT2D eigenvalue weighted by molar-refractivity contribution is -0.121. The molecule has 0 aliphatic carbocycles. The lowest BCUT2D eigenvalue weighted by atomic mass is 10.1. The van der Waals surface area contributed by atoms with E-state index in [1.165, 1.54) is 0 Å². The van der Waals surface area contributed by atoms with Gasteiger partial charge < -0.3 is 4.74 Å². The number of nitrogens with two attached hydrogens (primary N) is 1. The first kappa shape index (κ1) is 14.3. The summed E-state index contributed by atoms with van der Waals surface area (Å²) >= 11 is 0. The van der Waals surface area contributed by atoms with E-state index in [1.807, 2.05) is 50.3 Å². The van der Waals surface area contributed by atoms with Gasteiger partial charge in [0.1, 0.15) is 5.75 Å². The number of amides is 1. The van der Waals surface area contributed by atoms with Gasteiger partial charge in [0.05, 0.1) is 6.10 Å². The molecule has 3 N–H and O–H groups in total. The average Bonchev–Trinajstić information content (AvgIpc) is 2.38. The predicted octanol–water partition coefficient (Wildman–Crippen LogP) is 2.26. The van der Waals surface area contributed by atoms with E-state index in [0.717, 1.165) is 11.3 Å². The summed E-state index contributed by atoms with van der Waals surface area (Å²) in [6.07, 6.45) is 4.92. The normalized spacial score (nSPS) is 12.4. The molecule has 0 heterocycles. The zero-order valence-electron chi connectivity index (χ0n) is 10.8. The summed E-state index contributed by atoms with van der Waals surface area (Å²) < 4.78 is 5.82. The van der Waals surface area contributed by atoms with Gasteiger partial charge >= 0.3 is 0 Å². The van der Waals surface area contributed by atoms with Gasteiger partial charge in [-0.25, -0.2) is 5.84 Å². The Hall–Kier alpha value is -1.81. The molecule has 0 saturated carbocycles. The van der Waals surface area contributed by atoms with Crippen molar-refractivity contribution in [2.45, 2.75) is 32.8 Å². The van der Waals surface area contributed by atoms with Gasteiger partial charge in [-0.3, -0.25) is 10.2 Å². The van der Waals surface area contributed by atoms with Crippen LogP contribution >= 0.6 is 0 Å². The zero-order valence-corrected chi connectivity index (χ0v) is 10.8. The van der Waals surface area contributed by atoms with Crippen LogP contribution in [0.15, 0.2) is 30.3 Å². The summed E-state index contributed by atoms with van der Waals surface area (Å²) in [7, 11) is 0. The monoisotopic (exact) mass is 248 g/mol. The predicted molar refractivity (Wildman–Crippen MR) is 72.8 cm³/mol. The molecule has 0 aliphatic rings. The SMILES string of the molecule is C/C=C/c1ccccc1OC(C)CCC(=O)NN. The largest absolute Gasteiger partial charge is 0.490 e. The first-order valence-electron chi connectivity index (χ1n) is 6.05. The molecule has 1 atom stereocenters. The Kier molecular flexibility index (Phi) is 5.94. The van der Waals surface area contributed by atoms with Crippen molar-refractivity contribution in [2.24, 2.45) is 5.84 Å². The summed E-state index contributed by atoms with van der Waals surface area (Å²) in [6, 6.07) is 7.82. The number of hydrogen-bond donors (Lipinski definition) is 2. The molecule has 0 saturated heterocycles. The Balaban J connectivity index is 2.58. The molecule has 98 valence electrons. The minimum absolute atomic E-state index is 0.0336. The Morgan fingerprint density at radius 2 is 2.22 bits per heavy atom. The first-order valence-corrected chi connectivity index (χ1v) is 6.05. The fraction of sp³-hybridized carbons (Fsp3) is 0.357.